The molecule has 0 aromatic rings. The van der Waals surface area contributed by atoms with Crippen LogP contribution in [-0.4, -0.2) is 12.6 Å². The van der Waals surface area contributed by atoms with Crippen molar-refractivity contribution in [2.45, 2.75) is 0 Å². The lowest BCUT2D eigenvalue weighted by Gasteiger charge is -1.67. The number of allylic oxidation sites excluding steroid dienone is 2. The third-order valence-corrected chi connectivity index (χ3v) is 0.674. The van der Waals surface area contributed by atoms with E-state index in [-0.39, 0.29) is 4.48 Å². The number of carbonyl (C=O) groups excluding carboxylic acids is 2. The Labute approximate surface area is 49.3 Å². The molecule has 0 saturated carbocycles. The Kier molecular flexibility index (Phi) is 3.50. The summed E-state index contributed by atoms with van der Waals surface area (Å²) in [7, 11) is 0. The third-order valence-electron chi connectivity index (χ3n) is 0.283. The van der Waals surface area contributed by atoms with E-state index in [1.807, 2.05) is 0 Å². The van der Waals surface area contributed by atoms with Gasteiger partial charge in [0.05, 0.1) is 4.48 Å². The van der Waals surface area contributed by atoms with Gasteiger partial charge in [0.2, 0.25) is 12.6 Å². The Morgan fingerprint density at radius 2 is 2.14 bits per heavy atom. The Morgan fingerprint density at radius 3 is 2.29 bits per heavy atom. The predicted molar refractivity (Wildman–Crippen MR) is 28.4 cm³/mol. The zero-order valence-corrected chi connectivity index (χ0v) is 4.86. The smallest absolute Gasteiger partial charge is 0.241 e. The largest absolute Gasteiger partial charge is 0.286 e. The van der Waals surface area contributed by atoms with Crippen LogP contribution >= 0.6 is 15.9 Å². The number of halogens is 1. The zero-order valence-electron chi connectivity index (χ0n) is 3.27. The van der Waals surface area contributed by atoms with Gasteiger partial charge in [0, 0.05) is 6.08 Å². The van der Waals surface area contributed by atoms with E-state index in [0.717, 1.165) is 6.08 Å². The monoisotopic (exact) mass is 160 g/mol. The predicted octanol–water partition coefficient (Wildman–Crippen LogP) is 0.485. The highest BCUT2D eigenvalue weighted by Gasteiger charge is 1.82. The molecule has 3 heteroatoms. The van der Waals surface area contributed by atoms with E-state index in [4.69, 9.17) is 0 Å². The lowest BCUT2D eigenvalue weighted by Crippen LogP contribution is -1.69. The molecule has 0 atom stereocenters. The highest BCUT2D eigenvalue weighted by molar-refractivity contribution is 9.12. The second-order valence-corrected chi connectivity index (χ2v) is 1.57. The average Bonchev–Trinajstić information content (AvgIpc) is 1.68. The molecule has 0 fully saturated rings. The Balaban J connectivity index is 3.72. The van der Waals surface area contributed by atoms with Crippen LogP contribution in [0, 0.1) is 0 Å². The van der Waals surface area contributed by atoms with Crippen molar-refractivity contribution in [2.75, 3.05) is 0 Å². The summed E-state index contributed by atoms with van der Waals surface area (Å²) in [5.41, 5.74) is 0. The van der Waals surface area contributed by atoms with Crippen molar-refractivity contribution < 1.29 is 9.59 Å². The summed E-state index contributed by atoms with van der Waals surface area (Å²) >= 11 is 2.71. The van der Waals surface area contributed by atoms with Crippen LogP contribution in [0.2, 0.25) is 0 Å². The molecular formula is C4HBrO2. The van der Waals surface area contributed by atoms with Crippen LogP contribution in [0.4, 0.5) is 0 Å². The molecule has 0 amide bonds. The standard InChI is InChI=1S/C4HBrO2/c5-4(3-7)1-2-6/h1H/b4-1+. The Bertz CT molecular complexity index is 106. The molecule has 0 unspecified atom stereocenters. The first-order chi connectivity index (χ1) is 3.31. The zero-order chi connectivity index (χ0) is 5.70. The summed E-state index contributed by atoms with van der Waals surface area (Å²) in [5, 5.41) is 0. The number of rotatable bonds is 2. The van der Waals surface area contributed by atoms with Crippen LogP contribution in [0.1, 0.15) is 0 Å². The first-order valence-electron chi connectivity index (χ1n) is 1.42. The molecule has 0 spiro atoms. The van der Waals surface area contributed by atoms with Crippen molar-refractivity contribution in [3.8, 4) is 0 Å². The van der Waals surface area contributed by atoms with Crippen molar-refractivity contribution in [1.82, 2.24) is 0 Å². The maximum absolute atomic E-state index is 9.48. The summed E-state index contributed by atoms with van der Waals surface area (Å²) in [6, 6.07) is 0. The number of hydrogen-bond donors (Lipinski definition) is 0. The molecule has 0 bridgehead atoms. The fraction of sp³-hybridized carbons (Fsp3) is 0. The molecule has 7 heavy (non-hydrogen) atoms. The van der Waals surface area contributed by atoms with Crippen LogP contribution in [-0.2, 0) is 9.59 Å². The van der Waals surface area contributed by atoms with E-state index < -0.39 is 0 Å². The van der Waals surface area contributed by atoms with Crippen LogP contribution < -0.4 is 0 Å². The molecule has 0 aliphatic heterocycles. The Morgan fingerprint density at radius 1 is 1.57 bits per heavy atom. The molecule has 0 aliphatic carbocycles. The van der Waals surface area contributed by atoms with Gasteiger partial charge in [-0.1, -0.05) is 0 Å². The SMILES string of the molecule is O=[C]/C=C(/Br)[C]=O. The highest BCUT2D eigenvalue weighted by Crippen LogP contribution is 1.95. The van der Waals surface area contributed by atoms with Gasteiger partial charge in [0.15, 0.2) is 0 Å². The van der Waals surface area contributed by atoms with Gasteiger partial charge in [-0.25, -0.2) is 0 Å². The number of hydrogen-bond acceptors (Lipinski definition) is 2. The van der Waals surface area contributed by atoms with E-state index in [1.165, 1.54) is 12.6 Å². The molecule has 0 N–H and O–H groups in total. The first kappa shape index (κ1) is 6.56. The molecule has 2 nitrogen and oxygen atoms in total. The summed E-state index contributed by atoms with van der Waals surface area (Å²) in [4.78, 5) is 18.8. The van der Waals surface area contributed by atoms with E-state index >= 15 is 0 Å². The lowest BCUT2D eigenvalue weighted by atomic mass is 10.6. The van der Waals surface area contributed by atoms with E-state index in [0.29, 0.717) is 0 Å². The normalized spacial score (nSPS) is 10.7. The van der Waals surface area contributed by atoms with Crippen LogP contribution in [0.15, 0.2) is 10.6 Å². The maximum atomic E-state index is 9.48. The lowest BCUT2D eigenvalue weighted by molar-refractivity contribution is 0.560. The summed E-state index contributed by atoms with van der Waals surface area (Å²) in [6.07, 6.45) is 3.78. The first-order valence-corrected chi connectivity index (χ1v) is 2.22. The summed E-state index contributed by atoms with van der Waals surface area (Å²) in [6.45, 7) is 0. The van der Waals surface area contributed by atoms with E-state index in [2.05, 4.69) is 15.9 Å². The second-order valence-electron chi connectivity index (χ2n) is 0.712. The van der Waals surface area contributed by atoms with Crippen molar-refractivity contribution >= 4 is 28.5 Å². The third kappa shape index (κ3) is 3.39. The molecule has 0 saturated heterocycles. The molecule has 0 aromatic heterocycles. The van der Waals surface area contributed by atoms with Gasteiger partial charge in [0.25, 0.3) is 0 Å². The van der Waals surface area contributed by atoms with Gasteiger partial charge in [-0.15, -0.1) is 0 Å². The molecule has 0 rings (SSSR count). The van der Waals surface area contributed by atoms with Crippen LogP contribution in [0.25, 0.3) is 0 Å². The topological polar surface area (TPSA) is 34.1 Å². The van der Waals surface area contributed by atoms with Gasteiger partial charge < -0.3 is 0 Å². The van der Waals surface area contributed by atoms with Crippen molar-refractivity contribution in [2.24, 2.45) is 0 Å². The van der Waals surface area contributed by atoms with Gasteiger partial charge >= 0.3 is 0 Å². The minimum Gasteiger partial charge on any atom is -0.286 e. The van der Waals surface area contributed by atoms with Gasteiger partial charge in [-0.3, -0.25) is 9.59 Å². The van der Waals surface area contributed by atoms with Gasteiger partial charge in [-0.2, -0.15) is 0 Å². The fourth-order valence-corrected chi connectivity index (χ4v) is 0.175. The highest BCUT2D eigenvalue weighted by atomic mass is 79.9. The summed E-state index contributed by atoms with van der Waals surface area (Å²) in [5.74, 6) is 0. The van der Waals surface area contributed by atoms with Gasteiger partial charge in [0.1, 0.15) is 0 Å². The van der Waals surface area contributed by atoms with Crippen LogP contribution in [0.5, 0.6) is 0 Å². The molecule has 36 valence electrons. The summed E-state index contributed by atoms with van der Waals surface area (Å²) < 4.78 is 0.0856. The molecule has 0 heterocycles. The molecule has 0 aliphatic rings. The minimum absolute atomic E-state index is 0.0856. The maximum Gasteiger partial charge on any atom is 0.241 e. The van der Waals surface area contributed by atoms with E-state index in [9.17, 15) is 9.59 Å². The quantitative estimate of drug-likeness (QED) is 0.552. The van der Waals surface area contributed by atoms with Crippen molar-refractivity contribution in [3.05, 3.63) is 10.6 Å². The fourth-order valence-electron chi connectivity index (χ4n) is 0.0812. The minimum atomic E-state index is 0.0856. The van der Waals surface area contributed by atoms with E-state index in [1.54, 1.807) is 0 Å². The van der Waals surface area contributed by atoms with Crippen molar-refractivity contribution in [3.63, 3.8) is 0 Å². The molecular weight excluding hydrogens is 160 g/mol. The Hall–Kier alpha value is -0.440. The van der Waals surface area contributed by atoms with Crippen molar-refractivity contribution in [1.29, 1.82) is 0 Å². The molecule has 2 radical (unpaired) electrons. The van der Waals surface area contributed by atoms with Crippen LogP contribution in [0.3, 0.4) is 0 Å². The van der Waals surface area contributed by atoms with Gasteiger partial charge in [-0.05, 0) is 15.9 Å². The second kappa shape index (κ2) is 3.74. The average molecular weight is 161 g/mol. The molecule has 0 aromatic carbocycles.